The third kappa shape index (κ3) is 4.46. The number of nitrogens with one attached hydrogen (secondary N) is 1. The van der Waals surface area contributed by atoms with Crippen molar-refractivity contribution in [1.29, 1.82) is 0 Å². The topological polar surface area (TPSA) is 69.0 Å². The highest BCUT2D eigenvalue weighted by molar-refractivity contribution is 7.99. The van der Waals surface area contributed by atoms with E-state index in [0.29, 0.717) is 5.75 Å². The van der Waals surface area contributed by atoms with E-state index in [4.69, 9.17) is 4.74 Å². The zero-order valence-electron chi connectivity index (χ0n) is 16.8. The monoisotopic (exact) mass is 418 g/mol. The van der Waals surface area contributed by atoms with Crippen molar-refractivity contribution in [2.45, 2.75) is 25.5 Å². The van der Waals surface area contributed by atoms with Gasteiger partial charge in [-0.05, 0) is 61.9 Å². The van der Waals surface area contributed by atoms with Gasteiger partial charge >= 0.3 is 0 Å². The van der Waals surface area contributed by atoms with Crippen molar-refractivity contribution in [1.82, 2.24) is 14.5 Å². The van der Waals surface area contributed by atoms with Crippen molar-refractivity contribution in [2.75, 3.05) is 11.1 Å². The van der Waals surface area contributed by atoms with Gasteiger partial charge in [0.1, 0.15) is 11.5 Å². The first-order valence-corrected chi connectivity index (χ1v) is 10.7. The number of aromatic nitrogens is 3. The van der Waals surface area contributed by atoms with Crippen LogP contribution in [-0.4, -0.2) is 26.2 Å². The van der Waals surface area contributed by atoms with Crippen LogP contribution in [0.4, 0.5) is 5.69 Å². The molecule has 4 aromatic rings. The molecule has 0 saturated carbocycles. The number of thioether (sulfide) groups is 1. The number of benzene rings is 2. The maximum absolute atomic E-state index is 12.5. The number of rotatable bonds is 7. The molecule has 0 aliphatic rings. The lowest BCUT2D eigenvalue weighted by molar-refractivity contribution is -0.113. The summed E-state index contributed by atoms with van der Waals surface area (Å²) in [6, 6.07) is 17.3. The number of hydrogen-bond acceptors (Lipinski definition) is 5. The van der Waals surface area contributed by atoms with Gasteiger partial charge in [-0.25, -0.2) is 4.98 Å². The molecule has 1 N–H and O–H groups in total. The Morgan fingerprint density at radius 1 is 1.17 bits per heavy atom. The number of carbonyl (C=O) groups excluding carboxylic acids is 1. The SMILES string of the molecule is CCn1c(SCC(=O)Nc2ccc(Oc3cccnc3)c(C)c2)nc2ccccc21. The largest absolute Gasteiger partial charge is 0.455 e. The second-order valence-corrected chi connectivity index (χ2v) is 7.68. The smallest absolute Gasteiger partial charge is 0.234 e. The Hall–Kier alpha value is -3.32. The number of imidazole rings is 1. The van der Waals surface area contributed by atoms with Crippen LogP contribution in [0.3, 0.4) is 0 Å². The third-order valence-electron chi connectivity index (χ3n) is 4.59. The number of fused-ring (bicyclic) bond motifs is 1. The van der Waals surface area contributed by atoms with Crippen molar-refractivity contribution in [3.63, 3.8) is 0 Å². The third-order valence-corrected chi connectivity index (χ3v) is 5.57. The van der Waals surface area contributed by atoms with E-state index in [2.05, 4.69) is 26.8 Å². The summed E-state index contributed by atoms with van der Waals surface area (Å²) in [5.74, 6) is 1.62. The van der Waals surface area contributed by atoms with Crippen LogP contribution in [0.1, 0.15) is 12.5 Å². The number of anilines is 1. The molecule has 0 unspecified atom stereocenters. The van der Waals surface area contributed by atoms with E-state index in [9.17, 15) is 4.79 Å². The van der Waals surface area contributed by atoms with Crippen molar-refractivity contribution in [3.05, 3.63) is 72.6 Å². The molecule has 0 bridgehead atoms. The first kappa shape index (κ1) is 20.0. The molecule has 0 atom stereocenters. The zero-order chi connectivity index (χ0) is 20.9. The Kier molecular flexibility index (Phi) is 5.99. The lowest BCUT2D eigenvalue weighted by Crippen LogP contribution is -2.14. The molecule has 152 valence electrons. The van der Waals surface area contributed by atoms with Gasteiger partial charge in [-0.1, -0.05) is 23.9 Å². The molecule has 1 amide bonds. The van der Waals surface area contributed by atoms with Gasteiger partial charge in [0.15, 0.2) is 5.16 Å². The molecule has 0 aliphatic heterocycles. The number of carbonyl (C=O) groups is 1. The van der Waals surface area contributed by atoms with Crippen LogP contribution < -0.4 is 10.1 Å². The molecule has 4 rings (SSSR count). The van der Waals surface area contributed by atoms with Gasteiger partial charge in [-0.3, -0.25) is 9.78 Å². The average Bonchev–Trinajstić information content (AvgIpc) is 3.12. The van der Waals surface area contributed by atoms with Crippen LogP contribution in [0.25, 0.3) is 11.0 Å². The summed E-state index contributed by atoms with van der Waals surface area (Å²) >= 11 is 1.44. The lowest BCUT2D eigenvalue weighted by atomic mass is 10.2. The second-order valence-electron chi connectivity index (χ2n) is 6.74. The van der Waals surface area contributed by atoms with Crippen LogP contribution >= 0.6 is 11.8 Å². The Labute approximate surface area is 179 Å². The number of ether oxygens (including phenoxy) is 1. The van der Waals surface area contributed by atoms with Gasteiger partial charge in [0, 0.05) is 18.4 Å². The predicted molar refractivity (Wildman–Crippen MR) is 120 cm³/mol. The first-order chi connectivity index (χ1) is 14.6. The molecule has 7 heteroatoms. The number of pyridine rings is 1. The van der Waals surface area contributed by atoms with E-state index in [-0.39, 0.29) is 11.7 Å². The molecule has 0 spiro atoms. The number of para-hydroxylation sites is 2. The summed E-state index contributed by atoms with van der Waals surface area (Å²) in [4.78, 5) is 21.2. The second kappa shape index (κ2) is 9.00. The minimum Gasteiger partial charge on any atom is -0.455 e. The van der Waals surface area contributed by atoms with Gasteiger partial charge in [0.2, 0.25) is 5.91 Å². The molecular formula is C23H22N4O2S. The Balaban J connectivity index is 1.39. The number of aryl methyl sites for hydroxylation is 2. The minimum absolute atomic E-state index is 0.0740. The van der Waals surface area contributed by atoms with E-state index in [1.54, 1.807) is 12.4 Å². The van der Waals surface area contributed by atoms with E-state index in [0.717, 1.165) is 39.7 Å². The van der Waals surface area contributed by atoms with Gasteiger partial charge in [0.05, 0.1) is 23.0 Å². The van der Waals surface area contributed by atoms with E-state index in [1.165, 1.54) is 11.8 Å². The van der Waals surface area contributed by atoms with Gasteiger partial charge in [0.25, 0.3) is 0 Å². The molecule has 2 heterocycles. The lowest BCUT2D eigenvalue weighted by Gasteiger charge is -2.11. The Morgan fingerprint density at radius 2 is 2.03 bits per heavy atom. The molecule has 2 aromatic carbocycles. The van der Waals surface area contributed by atoms with E-state index in [1.807, 2.05) is 61.5 Å². The van der Waals surface area contributed by atoms with Crippen LogP contribution in [0.5, 0.6) is 11.5 Å². The fourth-order valence-corrected chi connectivity index (χ4v) is 4.05. The highest BCUT2D eigenvalue weighted by Gasteiger charge is 2.12. The standard InChI is InChI=1S/C23H22N4O2S/c1-3-27-20-9-5-4-8-19(20)26-23(27)30-15-22(28)25-17-10-11-21(16(2)13-17)29-18-7-6-12-24-14-18/h4-14H,3,15H2,1-2H3,(H,25,28). The fourth-order valence-electron chi connectivity index (χ4n) is 3.17. The summed E-state index contributed by atoms with van der Waals surface area (Å²) in [6.45, 7) is 4.83. The number of amides is 1. The zero-order valence-corrected chi connectivity index (χ0v) is 17.6. The van der Waals surface area contributed by atoms with Gasteiger partial charge in [-0.2, -0.15) is 0 Å². The minimum atomic E-state index is -0.0740. The van der Waals surface area contributed by atoms with Gasteiger partial charge < -0.3 is 14.6 Å². The van der Waals surface area contributed by atoms with Crippen molar-refractivity contribution < 1.29 is 9.53 Å². The van der Waals surface area contributed by atoms with Crippen LogP contribution in [-0.2, 0) is 11.3 Å². The number of hydrogen-bond donors (Lipinski definition) is 1. The van der Waals surface area contributed by atoms with Crippen LogP contribution in [0.2, 0.25) is 0 Å². The molecule has 30 heavy (non-hydrogen) atoms. The highest BCUT2D eigenvalue weighted by atomic mass is 32.2. The summed E-state index contributed by atoms with van der Waals surface area (Å²) in [5, 5.41) is 3.80. The normalized spacial score (nSPS) is 10.9. The molecule has 0 fully saturated rings. The molecule has 0 saturated heterocycles. The molecular weight excluding hydrogens is 396 g/mol. The maximum Gasteiger partial charge on any atom is 0.234 e. The van der Waals surface area contributed by atoms with Gasteiger partial charge in [-0.15, -0.1) is 0 Å². The van der Waals surface area contributed by atoms with E-state index >= 15 is 0 Å². The highest BCUT2D eigenvalue weighted by Crippen LogP contribution is 2.27. The van der Waals surface area contributed by atoms with E-state index < -0.39 is 0 Å². The number of nitrogens with zero attached hydrogens (tertiary/aromatic N) is 3. The van der Waals surface area contributed by atoms with Crippen LogP contribution in [0, 0.1) is 6.92 Å². The summed E-state index contributed by atoms with van der Waals surface area (Å²) in [5.41, 5.74) is 3.70. The molecule has 0 aliphatic carbocycles. The molecule has 0 radical (unpaired) electrons. The average molecular weight is 419 g/mol. The van der Waals surface area contributed by atoms with Crippen molar-refractivity contribution >= 4 is 34.4 Å². The molecule has 6 nitrogen and oxygen atoms in total. The first-order valence-electron chi connectivity index (χ1n) is 9.70. The molecule has 2 aromatic heterocycles. The predicted octanol–water partition coefficient (Wildman–Crippen LogP) is 5.28. The Morgan fingerprint density at radius 3 is 2.80 bits per heavy atom. The van der Waals surface area contributed by atoms with Crippen molar-refractivity contribution in [3.8, 4) is 11.5 Å². The summed E-state index contributed by atoms with van der Waals surface area (Å²) in [7, 11) is 0. The quantitative estimate of drug-likeness (QED) is 0.413. The van der Waals surface area contributed by atoms with Crippen molar-refractivity contribution in [2.24, 2.45) is 0 Å². The maximum atomic E-state index is 12.5. The van der Waals surface area contributed by atoms with Crippen LogP contribution in [0.15, 0.2) is 72.1 Å². The Bertz CT molecular complexity index is 1170. The summed E-state index contributed by atoms with van der Waals surface area (Å²) in [6.07, 6.45) is 3.36. The summed E-state index contributed by atoms with van der Waals surface area (Å²) < 4.78 is 7.97. The fraction of sp³-hybridized carbons (Fsp3) is 0.174.